The fraction of sp³-hybridized carbons (Fsp3) is 0.500. The molecule has 1 aliphatic heterocycles. The highest BCUT2D eigenvalue weighted by Crippen LogP contribution is 2.22. The fourth-order valence-corrected chi connectivity index (χ4v) is 2.79. The Bertz CT molecular complexity index is 459. The molecule has 2 N–H and O–H groups in total. The van der Waals surface area contributed by atoms with Gasteiger partial charge in [0.1, 0.15) is 5.25 Å². The van der Waals surface area contributed by atoms with Crippen LogP contribution < -0.4 is 5.32 Å². The van der Waals surface area contributed by atoms with Gasteiger partial charge in [-0.3, -0.25) is 9.59 Å². The zero-order valence-corrected chi connectivity index (χ0v) is 11.1. The first kappa shape index (κ1) is 13.8. The van der Waals surface area contributed by atoms with Crippen molar-refractivity contribution in [3.05, 3.63) is 12.2 Å². The molecule has 2 aliphatic rings. The van der Waals surface area contributed by atoms with Crippen molar-refractivity contribution in [2.45, 2.75) is 30.9 Å². The number of nitrogens with zero attached hydrogens (tertiary/aromatic N) is 2. The van der Waals surface area contributed by atoms with E-state index in [2.05, 4.69) is 27.7 Å². The van der Waals surface area contributed by atoms with Crippen molar-refractivity contribution in [2.24, 2.45) is 16.1 Å². The molecule has 19 heavy (non-hydrogen) atoms. The van der Waals surface area contributed by atoms with Gasteiger partial charge in [0.25, 0.3) is 0 Å². The van der Waals surface area contributed by atoms with Crippen molar-refractivity contribution in [1.29, 1.82) is 0 Å². The van der Waals surface area contributed by atoms with E-state index < -0.39 is 11.2 Å². The topological polar surface area (TPSA) is 91.1 Å². The molecule has 6 nitrogen and oxygen atoms in total. The lowest BCUT2D eigenvalue weighted by Crippen LogP contribution is -2.26. The maximum Gasteiger partial charge on any atom is 0.305 e. The minimum absolute atomic E-state index is 0.202. The molecule has 2 atom stereocenters. The molecule has 1 amide bonds. The lowest BCUT2D eigenvalue weighted by molar-refractivity contribution is -0.138. The summed E-state index contributed by atoms with van der Waals surface area (Å²) in [7, 11) is 0. The van der Waals surface area contributed by atoms with Crippen molar-refractivity contribution < 1.29 is 14.7 Å². The molecular formula is C12H15N3O3S. The van der Waals surface area contributed by atoms with Gasteiger partial charge in [0, 0.05) is 6.21 Å². The molecule has 1 saturated heterocycles. The first-order chi connectivity index (χ1) is 9.15. The Morgan fingerprint density at radius 2 is 2.42 bits per heavy atom. The molecular weight excluding hydrogens is 266 g/mol. The second-order valence-corrected chi connectivity index (χ2v) is 5.60. The van der Waals surface area contributed by atoms with Gasteiger partial charge < -0.3 is 10.4 Å². The van der Waals surface area contributed by atoms with E-state index >= 15 is 0 Å². The quantitative estimate of drug-likeness (QED) is 0.463. The maximum atomic E-state index is 11.4. The van der Waals surface area contributed by atoms with E-state index in [1.165, 1.54) is 0 Å². The Balaban J connectivity index is 1.87. The number of carboxylic acid groups (broad SMARTS) is 1. The molecule has 0 aromatic rings. The zero-order chi connectivity index (χ0) is 13.7. The SMILES string of the molecule is O=C(O)CC1S/C(=N/N=C/C2CC=CCC2)NC1=O. The largest absolute Gasteiger partial charge is 0.481 e. The number of nitrogens with one attached hydrogen (secondary N) is 1. The van der Waals surface area contributed by atoms with Gasteiger partial charge in [0.2, 0.25) is 5.91 Å². The molecule has 1 fully saturated rings. The average molecular weight is 281 g/mol. The van der Waals surface area contributed by atoms with E-state index in [0.29, 0.717) is 11.1 Å². The molecule has 0 aromatic carbocycles. The number of hydrogen-bond acceptors (Lipinski definition) is 5. The van der Waals surface area contributed by atoms with Crippen LogP contribution in [0.15, 0.2) is 22.4 Å². The summed E-state index contributed by atoms with van der Waals surface area (Å²) in [6.45, 7) is 0. The summed E-state index contributed by atoms with van der Waals surface area (Å²) >= 11 is 1.11. The van der Waals surface area contributed by atoms with Gasteiger partial charge in [0.05, 0.1) is 6.42 Å². The van der Waals surface area contributed by atoms with Crippen molar-refractivity contribution in [3.63, 3.8) is 0 Å². The smallest absolute Gasteiger partial charge is 0.305 e. The van der Waals surface area contributed by atoms with Crippen LogP contribution in [-0.2, 0) is 9.59 Å². The van der Waals surface area contributed by atoms with Gasteiger partial charge >= 0.3 is 5.97 Å². The lowest BCUT2D eigenvalue weighted by Gasteiger charge is -2.10. The van der Waals surface area contributed by atoms with Gasteiger partial charge in [-0.2, -0.15) is 5.10 Å². The second-order valence-electron chi connectivity index (χ2n) is 4.41. The molecule has 0 bridgehead atoms. The number of carbonyl (C=O) groups excluding carboxylic acids is 1. The number of amidine groups is 1. The second kappa shape index (κ2) is 6.51. The maximum absolute atomic E-state index is 11.4. The summed E-state index contributed by atoms with van der Waals surface area (Å²) in [5, 5.41) is 18.8. The van der Waals surface area contributed by atoms with E-state index in [-0.39, 0.29) is 12.3 Å². The van der Waals surface area contributed by atoms with Crippen LogP contribution in [0, 0.1) is 5.92 Å². The molecule has 1 aliphatic carbocycles. The number of aliphatic carboxylic acids is 1. The van der Waals surface area contributed by atoms with Crippen LogP contribution in [0.4, 0.5) is 0 Å². The minimum atomic E-state index is -0.994. The van der Waals surface area contributed by atoms with Gasteiger partial charge in [-0.25, -0.2) is 0 Å². The van der Waals surface area contributed by atoms with Crippen LogP contribution >= 0.6 is 11.8 Å². The van der Waals surface area contributed by atoms with Gasteiger partial charge in [-0.1, -0.05) is 23.9 Å². The number of carboxylic acids is 1. The Morgan fingerprint density at radius 3 is 3.11 bits per heavy atom. The first-order valence-electron chi connectivity index (χ1n) is 6.10. The summed E-state index contributed by atoms with van der Waals surface area (Å²) in [6.07, 6.45) is 8.95. The highest BCUT2D eigenvalue weighted by molar-refractivity contribution is 8.15. The molecule has 2 rings (SSSR count). The Labute approximate surface area is 115 Å². The summed E-state index contributed by atoms with van der Waals surface area (Å²) in [5.74, 6) is -0.917. The average Bonchev–Trinajstić information content (AvgIpc) is 2.70. The zero-order valence-electron chi connectivity index (χ0n) is 10.3. The molecule has 0 saturated carbocycles. The third-order valence-electron chi connectivity index (χ3n) is 2.87. The van der Waals surface area contributed by atoms with E-state index in [1.807, 2.05) is 0 Å². The van der Waals surface area contributed by atoms with Gasteiger partial charge in [-0.05, 0) is 25.2 Å². The van der Waals surface area contributed by atoms with Gasteiger partial charge in [0.15, 0.2) is 5.17 Å². The number of carbonyl (C=O) groups is 2. The van der Waals surface area contributed by atoms with E-state index in [4.69, 9.17) is 5.11 Å². The number of amides is 1. The molecule has 0 aromatic heterocycles. The first-order valence-corrected chi connectivity index (χ1v) is 6.98. The third kappa shape index (κ3) is 4.20. The normalized spacial score (nSPS) is 29.1. The Morgan fingerprint density at radius 1 is 1.58 bits per heavy atom. The fourth-order valence-electron chi connectivity index (χ4n) is 1.88. The number of hydrogen-bond donors (Lipinski definition) is 2. The molecule has 2 unspecified atom stereocenters. The van der Waals surface area contributed by atoms with Gasteiger partial charge in [-0.15, -0.1) is 5.10 Å². The predicted molar refractivity (Wildman–Crippen MR) is 74.2 cm³/mol. The number of rotatable bonds is 4. The predicted octanol–water partition coefficient (Wildman–Crippen LogP) is 1.39. The van der Waals surface area contributed by atoms with Crippen LogP contribution in [-0.4, -0.2) is 33.6 Å². The standard InChI is InChI=1S/C12H15N3O3S/c16-10(17)6-9-11(18)14-12(19-9)15-13-7-8-4-2-1-3-5-8/h1-2,7-9H,3-6H2,(H,16,17)(H,14,15,18)/b13-7+. The molecule has 7 heteroatoms. The summed E-state index contributed by atoms with van der Waals surface area (Å²) in [5.41, 5.74) is 0. The highest BCUT2D eigenvalue weighted by Gasteiger charge is 2.32. The minimum Gasteiger partial charge on any atom is -0.481 e. The molecule has 0 radical (unpaired) electrons. The van der Waals surface area contributed by atoms with Crippen LogP contribution in [0.5, 0.6) is 0 Å². The number of allylic oxidation sites excluding steroid dienone is 2. The number of thioether (sulfide) groups is 1. The van der Waals surface area contributed by atoms with Crippen LogP contribution in [0.1, 0.15) is 25.7 Å². The third-order valence-corrected chi connectivity index (χ3v) is 3.94. The molecule has 102 valence electrons. The van der Waals surface area contributed by atoms with Crippen molar-refractivity contribution in [3.8, 4) is 0 Å². The van der Waals surface area contributed by atoms with E-state index in [1.54, 1.807) is 6.21 Å². The lowest BCUT2D eigenvalue weighted by atomic mass is 9.96. The van der Waals surface area contributed by atoms with Crippen molar-refractivity contribution in [1.82, 2.24) is 5.32 Å². The summed E-state index contributed by atoms with van der Waals surface area (Å²) in [4.78, 5) is 22.0. The Kier molecular flexibility index (Phi) is 4.73. The molecule has 1 heterocycles. The van der Waals surface area contributed by atoms with Crippen LogP contribution in [0.3, 0.4) is 0 Å². The van der Waals surface area contributed by atoms with Crippen LogP contribution in [0.25, 0.3) is 0 Å². The van der Waals surface area contributed by atoms with Crippen molar-refractivity contribution in [2.75, 3.05) is 0 Å². The monoisotopic (exact) mass is 281 g/mol. The van der Waals surface area contributed by atoms with Crippen LogP contribution in [0.2, 0.25) is 0 Å². The Hall–Kier alpha value is -1.63. The summed E-state index contributed by atoms with van der Waals surface area (Å²) in [6, 6.07) is 0. The highest BCUT2D eigenvalue weighted by atomic mass is 32.2. The summed E-state index contributed by atoms with van der Waals surface area (Å²) < 4.78 is 0. The molecule has 0 spiro atoms. The van der Waals surface area contributed by atoms with E-state index in [9.17, 15) is 9.59 Å². The van der Waals surface area contributed by atoms with Crippen molar-refractivity contribution >= 4 is 35.0 Å². The van der Waals surface area contributed by atoms with E-state index in [0.717, 1.165) is 31.0 Å².